The maximum absolute atomic E-state index is 14.2. The summed E-state index contributed by atoms with van der Waals surface area (Å²) >= 11 is 15.5. The van der Waals surface area contributed by atoms with Gasteiger partial charge in [-0.1, -0.05) is 33.6 Å². The molecule has 0 N–H and O–H groups in total. The van der Waals surface area contributed by atoms with Crippen LogP contribution in [0, 0.1) is 5.82 Å². The molecule has 0 fully saturated rings. The van der Waals surface area contributed by atoms with Crippen molar-refractivity contribution in [3.63, 3.8) is 0 Å². The zero-order valence-corrected chi connectivity index (χ0v) is 13.2. The molecule has 2 nitrogen and oxygen atoms in total. The summed E-state index contributed by atoms with van der Waals surface area (Å²) in [6.45, 7) is 0. The van der Waals surface area contributed by atoms with Gasteiger partial charge in [-0.05, 0) is 30.3 Å². The summed E-state index contributed by atoms with van der Waals surface area (Å²) in [5.41, 5.74) is 1.76. The largest absolute Gasteiger partial charge is 0.291 e. The van der Waals surface area contributed by atoms with Crippen LogP contribution in [-0.2, 0) is 5.88 Å². The van der Waals surface area contributed by atoms with Crippen molar-refractivity contribution < 1.29 is 4.39 Å². The first kappa shape index (κ1) is 13.9. The Morgan fingerprint density at radius 2 is 2.05 bits per heavy atom. The predicted molar refractivity (Wildman–Crippen MR) is 83.3 cm³/mol. The molecule has 0 radical (unpaired) electrons. The first-order valence-corrected chi connectivity index (χ1v) is 7.49. The Bertz CT molecular complexity index is 781. The average molecular weight is 374 g/mol. The quantitative estimate of drug-likeness (QED) is 0.556. The van der Waals surface area contributed by atoms with E-state index in [2.05, 4.69) is 20.9 Å². The number of hydrogen-bond donors (Lipinski definition) is 0. The molecule has 0 atom stereocenters. The Hall–Kier alpha value is -1.10. The zero-order valence-electron chi connectivity index (χ0n) is 10.1. The molecule has 0 saturated heterocycles. The minimum atomic E-state index is -0.411. The van der Waals surface area contributed by atoms with Crippen LogP contribution >= 0.6 is 39.1 Å². The normalized spacial score (nSPS) is 11.2. The molecule has 1 heterocycles. The van der Waals surface area contributed by atoms with Crippen LogP contribution in [-0.4, -0.2) is 9.55 Å². The Morgan fingerprint density at radius 3 is 2.75 bits per heavy atom. The maximum atomic E-state index is 14.2. The van der Waals surface area contributed by atoms with E-state index in [9.17, 15) is 4.39 Å². The summed E-state index contributed by atoms with van der Waals surface area (Å²) in [5.74, 6) is 0.301. The molecule has 0 bridgehead atoms. The third-order valence-electron chi connectivity index (χ3n) is 2.97. The van der Waals surface area contributed by atoms with Crippen LogP contribution < -0.4 is 0 Å². The number of imidazole rings is 1. The van der Waals surface area contributed by atoms with Gasteiger partial charge in [0.05, 0.1) is 21.9 Å². The number of hydrogen-bond acceptors (Lipinski definition) is 1. The lowest BCUT2D eigenvalue weighted by atomic mass is 10.2. The number of benzene rings is 2. The third kappa shape index (κ3) is 2.22. The molecule has 1 aromatic heterocycles. The van der Waals surface area contributed by atoms with Crippen molar-refractivity contribution in [1.29, 1.82) is 0 Å². The first-order valence-electron chi connectivity index (χ1n) is 5.79. The summed E-state index contributed by atoms with van der Waals surface area (Å²) in [6.07, 6.45) is 0. The van der Waals surface area contributed by atoms with E-state index in [-0.39, 0.29) is 11.6 Å². The van der Waals surface area contributed by atoms with Gasteiger partial charge in [0.15, 0.2) is 0 Å². The fraction of sp³-hybridized carbons (Fsp3) is 0.0714. The van der Waals surface area contributed by atoms with Crippen molar-refractivity contribution in [3.8, 4) is 5.69 Å². The van der Waals surface area contributed by atoms with Gasteiger partial charge < -0.3 is 0 Å². The van der Waals surface area contributed by atoms with Crippen LogP contribution in [0.4, 0.5) is 4.39 Å². The van der Waals surface area contributed by atoms with Crippen molar-refractivity contribution in [1.82, 2.24) is 9.55 Å². The van der Waals surface area contributed by atoms with Gasteiger partial charge in [0.2, 0.25) is 0 Å². The van der Waals surface area contributed by atoms with Crippen LogP contribution in [0.25, 0.3) is 16.7 Å². The lowest BCUT2D eigenvalue weighted by Gasteiger charge is -2.10. The molecule has 6 heteroatoms. The van der Waals surface area contributed by atoms with Gasteiger partial charge in [-0.15, -0.1) is 11.6 Å². The van der Waals surface area contributed by atoms with E-state index in [1.807, 2.05) is 18.2 Å². The summed E-state index contributed by atoms with van der Waals surface area (Å²) in [5, 5.41) is 0.318. The molecular formula is C14H8BrCl2FN2. The Kier molecular flexibility index (Phi) is 3.71. The fourth-order valence-corrected chi connectivity index (χ4v) is 2.92. The second kappa shape index (κ2) is 5.35. The van der Waals surface area contributed by atoms with E-state index < -0.39 is 5.82 Å². The highest BCUT2D eigenvalue weighted by Gasteiger charge is 2.17. The summed E-state index contributed by atoms with van der Waals surface area (Å²) in [4.78, 5) is 4.43. The maximum Gasteiger partial charge on any atom is 0.148 e. The van der Waals surface area contributed by atoms with Gasteiger partial charge in [-0.2, -0.15) is 0 Å². The Morgan fingerprint density at radius 1 is 1.25 bits per heavy atom. The fourth-order valence-electron chi connectivity index (χ4n) is 2.15. The number of nitrogens with zero attached hydrogens (tertiary/aromatic N) is 2. The SMILES string of the molecule is Fc1cccc(Cl)c1-n1c(CCl)nc2cc(Br)ccc21. The van der Waals surface area contributed by atoms with Crippen molar-refractivity contribution in [2.45, 2.75) is 5.88 Å². The van der Waals surface area contributed by atoms with E-state index in [0.29, 0.717) is 10.8 Å². The standard InChI is InChI=1S/C14H8BrCl2FN2/c15-8-4-5-12-11(6-8)19-13(7-16)20(12)14-9(17)2-1-3-10(14)18/h1-6H,7H2. The molecule has 20 heavy (non-hydrogen) atoms. The molecular weight excluding hydrogens is 366 g/mol. The van der Waals surface area contributed by atoms with Gasteiger partial charge in [-0.3, -0.25) is 4.57 Å². The molecule has 0 aliphatic carbocycles. The molecule has 0 aliphatic rings. The van der Waals surface area contributed by atoms with Crippen LogP contribution in [0.15, 0.2) is 40.9 Å². The van der Waals surface area contributed by atoms with E-state index in [1.165, 1.54) is 6.07 Å². The zero-order chi connectivity index (χ0) is 14.3. The van der Waals surface area contributed by atoms with Gasteiger partial charge in [0.25, 0.3) is 0 Å². The van der Waals surface area contributed by atoms with Crippen LogP contribution in [0.2, 0.25) is 5.02 Å². The van der Waals surface area contributed by atoms with Crippen LogP contribution in [0.3, 0.4) is 0 Å². The van der Waals surface area contributed by atoms with Crippen LogP contribution in [0.5, 0.6) is 0 Å². The van der Waals surface area contributed by atoms with E-state index in [0.717, 1.165) is 15.5 Å². The molecule has 2 aromatic carbocycles. The minimum Gasteiger partial charge on any atom is -0.291 e. The van der Waals surface area contributed by atoms with Gasteiger partial charge in [0, 0.05) is 4.47 Å². The highest BCUT2D eigenvalue weighted by atomic mass is 79.9. The Labute approximate surface area is 133 Å². The molecule has 3 aromatic rings. The summed E-state index contributed by atoms with van der Waals surface area (Å²) < 4.78 is 16.7. The molecule has 102 valence electrons. The number of aromatic nitrogens is 2. The topological polar surface area (TPSA) is 17.8 Å². The van der Waals surface area contributed by atoms with Crippen molar-refractivity contribution in [3.05, 3.63) is 57.5 Å². The lowest BCUT2D eigenvalue weighted by molar-refractivity contribution is 0.618. The first-order chi connectivity index (χ1) is 9.61. The molecule has 0 unspecified atom stereocenters. The summed E-state index contributed by atoms with van der Waals surface area (Å²) in [7, 11) is 0. The van der Waals surface area contributed by atoms with E-state index in [4.69, 9.17) is 23.2 Å². The highest BCUT2D eigenvalue weighted by molar-refractivity contribution is 9.10. The molecule has 0 aliphatic heterocycles. The van der Waals surface area contributed by atoms with Gasteiger partial charge in [0.1, 0.15) is 17.3 Å². The van der Waals surface area contributed by atoms with E-state index >= 15 is 0 Å². The van der Waals surface area contributed by atoms with Crippen molar-refractivity contribution in [2.24, 2.45) is 0 Å². The number of halogens is 4. The average Bonchev–Trinajstić information content (AvgIpc) is 2.76. The van der Waals surface area contributed by atoms with Crippen molar-refractivity contribution >= 4 is 50.2 Å². The van der Waals surface area contributed by atoms with Gasteiger partial charge >= 0.3 is 0 Å². The Balaban J connectivity index is 2.40. The number of fused-ring (bicyclic) bond motifs is 1. The molecule has 3 rings (SSSR count). The lowest BCUT2D eigenvalue weighted by Crippen LogP contribution is -2.03. The monoisotopic (exact) mass is 372 g/mol. The van der Waals surface area contributed by atoms with Crippen molar-refractivity contribution in [2.75, 3.05) is 0 Å². The van der Waals surface area contributed by atoms with Crippen LogP contribution in [0.1, 0.15) is 5.82 Å². The third-order valence-corrected chi connectivity index (χ3v) is 4.00. The number of rotatable bonds is 2. The minimum absolute atomic E-state index is 0.164. The van der Waals surface area contributed by atoms with Gasteiger partial charge in [-0.25, -0.2) is 9.37 Å². The predicted octanol–water partition coefficient (Wildman–Crippen LogP) is 5.32. The molecule has 0 amide bonds. The number of alkyl halides is 1. The summed E-state index contributed by atoms with van der Waals surface area (Å²) in [6, 6.07) is 10.2. The smallest absolute Gasteiger partial charge is 0.148 e. The highest BCUT2D eigenvalue weighted by Crippen LogP contribution is 2.30. The molecule has 0 spiro atoms. The second-order valence-corrected chi connectivity index (χ2v) is 5.79. The van der Waals surface area contributed by atoms with E-state index in [1.54, 1.807) is 16.7 Å². The number of para-hydroxylation sites is 1. The second-order valence-electron chi connectivity index (χ2n) is 4.20. The molecule has 0 saturated carbocycles.